The number of methoxy groups -OCH3 is 1. The summed E-state index contributed by atoms with van der Waals surface area (Å²) in [6, 6.07) is 4.72. The van der Waals surface area contributed by atoms with Gasteiger partial charge >= 0.3 is 5.97 Å². The SMILES string of the molecule is COC(=O)CCc1cc(Br)c(NC2CCCC2)c(Br)c1. The molecule has 0 radical (unpaired) electrons. The highest BCUT2D eigenvalue weighted by Crippen LogP contribution is 2.35. The topological polar surface area (TPSA) is 38.3 Å². The number of rotatable bonds is 5. The monoisotopic (exact) mass is 403 g/mol. The number of halogens is 2. The lowest BCUT2D eigenvalue weighted by Crippen LogP contribution is -2.15. The van der Waals surface area contributed by atoms with Crippen LogP contribution in [-0.2, 0) is 16.0 Å². The first-order valence-electron chi connectivity index (χ1n) is 6.91. The molecule has 0 atom stereocenters. The van der Waals surface area contributed by atoms with Gasteiger partial charge in [0, 0.05) is 21.4 Å². The number of hydrogen-bond donors (Lipinski definition) is 1. The molecular formula is C15H19Br2NO2. The standard InChI is InChI=1S/C15H19Br2NO2/c1-20-14(19)7-6-10-8-12(16)15(13(17)9-10)18-11-4-2-3-5-11/h8-9,11,18H,2-7H2,1H3. The summed E-state index contributed by atoms with van der Waals surface area (Å²) < 4.78 is 6.75. The molecule has 0 heterocycles. The minimum absolute atomic E-state index is 0.176. The van der Waals surface area contributed by atoms with Gasteiger partial charge in [0.25, 0.3) is 0 Å². The molecule has 110 valence electrons. The Balaban J connectivity index is 2.05. The molecule has 1 fully saturated rings. The van der Waals surface area contributed by atoms with Crippen LogP contribution in [0.2, 0.25) is 0 Å². The number of benzene rings is 1. The van der Waals surface area contributed by atoms with Crippen molar-refractivity contribution in [3.63, 3.8) is 0 Å². The number of carbonyl (C=O) groups excluding carboxylic acids is 1. The van der Waals surface area contributed by atoms with E-state index in [9.17, 15) is 4.79 Å². The number of esters is 1. The zero-order chi connectivity index (χ0) is 14.5. The molecule has 2 rings (SSSR count). The molecule has 0 saturated heterocycles. The molecule has 1 aliphatic rings. The van der Waals surface area contributed by atoms with Crippen molar-refractivity contribution in [3.05, 3.63) is 26.6 Å². The first-order valence-corrected chi connectivity index (χ1v) is 8.50. The van der Waals surface area contributed by atoms with Crippen molar-refractivity contribution in [3.8, 4) is 0 Å². The lowest BCUT2D eigenvalue weighted by molar-refractivity contribution is -0.140. The Labute approximate surface area is 136 Å². The first kappa shape index (κ1) is 15.8. The normalized spacial score (nSPS) is 15.3. The van der Waals surface area contributed by atoms with E-state index in [0.717, 1.165) is 20.2 Å². The highest BCUT2D eigenvalue weighted by molar-refractivity contribution is 9.11. The van der Waals surface area contributed by atoms with Gasteiger partial charge in [0.1, 0.15) is 0 Å². The van der Waals surface area contributed by atoms with Crippen LogP contribution in [-0.4, -0.2) is 19.1 Å². The van der Waals surface area contributed by atoms with Crippen molar-refractivity contribution in [1.82, 2.24) is 0 Å². The molecule has 3 nitrogen and oxygen atoms in total. The zero-order valence-electron chi connectivity index (χ0n) is 11.5. The zero-order valence-corrected chi connectivity index (χ0v) is 14.7. The van der Waals surface area contributed by atoms with Crippen molar-refractivity contribution in [2.45, 2.75) is 44.6 Å². The second-order valence-electron chi connectivity index (χ2n) is 5.14. The summed E-state index contributed by atoms with van der Waals surface area (Å²) in [4.78, 5) is 11.2. The van der Waals surface area contributed by atoms with E-state index in [1.54, 1.807) is 0 Å². The van der Waals surface area contributed by atoms with Crippen molar-refractivity contribution in [2.75, 3.05) is 12.4 Å². The fourth-order valence-corrected chi connectivity index (χ4v) is 4.04. The van der Waals surface area contributed by atoms with Gasteiger partial charge in [-0.1, -0.05) is 12.8 Å². The van der Waals surface area contributed by atoms with Gasteiger partial charge in [-0.2, -0.15) is 0 Å². The van der Waals surface area contributed by atoms with Crippen LogP contribution in [0, 0.1) is 0 Å². The van der Waals surface area contributed by atoms with Crippen LogP contribution in [0.5, 0.6) is 0 Å². The molecule has 1 aliphatic carbocycles. The Morgan fingerprint density at radius 3 is 2.45 bits per heavy atom. The van der Waals surface area contributed by atoms with Crippen LogP contribution in [0.1, 0.15) is 37.7 Å². The van der Waals surface area contributed by atoms with Crippen molar-refractivity contribution in [2.24, 2.45) is 0 Å². The largest absolute Gasteiger partial charge is 0.469 e. The first-order chi connectivity index (χ1) is 9.60. The Hall–Kier alpha value is -0.550. The van der Waals surface area contributed by atoms with Gasteiger partial charge in [-0.05, 0) is 68.8 Å². The predicted octanol–water partition coefficient (Wildman–Crippen LogP) is 4.67. The number of ether oxygens (including phenoxy) is 1. The minimum atomic E-state index is -0.176. The van der Waals surface area contributed by atoms with E-state index in [4.69, 9.17) is 0 Å². The van der Waals surface area contributed by atoms with Crippen LogP contribution in [0.15, 0.2) is 21.1 Å². The molecule has 0 spiro atoms. The maximum absolute atomic E-state index is 11.2. The number of nitrogens with one attached hydrogen (secondary N) is 1. The van der Waals surface area contributed by atoms with E-state index in [1.807, 2.05) is 0 Å². The van der Waals surface area contributed by atoms with Gasteiger partial charge in [-0.25, -0.2) is 0 Å². The number of aryl methyl sites for hydroxylation is 1. The fraction of sp³-hybridized carbons (Fsp3) is 0.533. The maximum Gasteiger partial charge on any atom is 0.305 e. The van der Waals surface area contributed by atoms with Gasteiger partial charge < -0.3 is 10.1 Å². The summed E-state index contributed by atoms with van der Waals surface area (Å²) in [6.07, 6.45) is 6.19. The minimum Gasteiger partial charge on any atom is -0.469 e. The van der Waals surface area contributed by atoms with Crippen LogP contribution in [0.4, 0.5) is 5.69 Å². The second-order valence-corrected chi connectivity index (χ2v) is 6.84. The average Bonchev–Trinajstić information content (AvgIpc) is 2.93. The highest BCUT2D eigenvalue weighted by Gasteiger charge is 2.17. The van der Waals surface area contributed by atoms with Gasteiger partial charge in [0.2, 0.25) is 0 Å². The average molecular weight is 405 g/mol. The molecule has 20 heavy (non-hydrogen) atoms. The van der Waals surface area contributed by atoms with E-state index < -0.39 is 0 Å². The number of anilines is 1. The molecule has 0 amide bonds. The van der Waals surface area contributed by atoms with E-state index in [-0.39, 0.29) is 5.97 Å². The summed E-state index contributed by atoms with van der Waals surface area (Å²) >= 11 is 7.24. The quantitative estimate of drug-likeness (QED) is 0.724. The Kier molecular flexibility index (Phi) is 5.90. The predicted molar refractivity (Wildman–Crippen MR) is 88.1 cm³/mol. The van der Waals surface area contributed by atoms with Crippen molar-refractivity contribution in [1.29, 1.82) is 0 Å². The van der Waals surface area contributed by atoms with Gasteiger partial charge in [-0.3, -0.25) is 4.79 Å². The summed E-state index contributed by atoms with van der Waals surface area (Å²) in [5.74, 6) is -0.176. The smallest absolute Gasteiger partial charge is 0.305 e. The lowest BCUT2D eigenvalue weighted by Gasteiger charge is -2.17. The lowest BCUT2D eigenvalue weighted by atomic mass is 10.1. The molecule has 0 aromatic heterocycles. The summed E-state index contributed by atoms with van der Waals surface area (Å²) in [5.41, 5.74) is 2.23. The molecule has 1 aromatic rings. The van der Waals surface area contributed by atoms with E-state index in [1.165, 1.54) is 32.8 Å². The van der Waals surface area contributed by atoms with Gasteiger partial charge in [0.05, 0.1) is 12.8 Å². The van der Waals surface area contributed by atoms with Gasteiger partial charge in [0.15, 0.2) is 0 Å². The summed E-state index contributed by atoms with van der Waals surface area (Å²) in [6.45, 7) is 0. The number of carbonyl (C=O) groups is 1. The summed E-state index contributed by atoms with van der Waals surface area (Å²) in [5, 5.41) is 3.60. The van der Waals surface area contributed by atoms with Crippen LogP contribution >= 0.6 is 31.9 Å². The van der Waals surface area contributed by atoms with Crippen LogP contribution in [0.25, 0.3) is 0 Å². The molecule has 0 aliphatic heterocycles. The maximum atomic E-state index is 11.2. The van der Waals surface area contributed by atoms with E-state index in [2.05, 4.69) is 54.0 Å². The second kappa shape index (κ2) is 7.46. The third-order valence-electron chi connectivity index (χ3n) is 3.65. The molecular weight excluding hydrogens is 386 g/mol. The van der Waals surface area contributed by atoms with Gasteiger partial charge in [-0.15, -0.1) is 0 Å². The summed E-state index contributed by atoms with van der Waals surface area (Å²) in [7, 11) is 1.42. The van der Waals surface area contributed by atoms with Crippen molar-refractivity contribution >= 4 is 43.5 Å². The molecule has 0 bridgehead atoms. The highest BCUT2D eigenvalue weighted by atomic mass is 79.9. The Morgan fingerprint density at radius 2 is 1.90 bits per heavy atom. The van der Waals surface area contributed by atoms with Crippen LogP contribution in [0.3, 0.4) is 0 Å². The molecule has 1 N–H and O–H groups in total. The molecule has 5 heteroatoms. The molecule has 1 aromatic carbocycles. The third-order valence-corrected chi connectivity index (χ3v) is 4.90. The van der Waals surface area contributed by atoms with E-state index in [0.29, 0.717) is 18.9 Å². The Morgan fingerprint density at radius 1 is 1.30 bits per heavy atom. The fourth-order valence-electron chi connectivity index (χ4n) is 2.53. The third kappa shape index (κ3) is 4.22. The molecule has 1 saturated carbocycles. The van der Waals surface area contributed by atoms with Crippen LogP contribution < -0.4 is 5.32 Å². The van der Waals surface area contributed by atoms with E-state index >= 15 is 0 Å². The molecule has 0 unspecified atom stereocenters. The van der Waals surface area contributed by atoms with Crippen molar-refractivity contribution < 1.29 is 9.53 Å². The Bertz CT molecular complexity index is 462. The number of hydrogen-bond acceptors (Lipinski definition) is 3.